The summed E-state index contributed by atoms with van der Waals surface area (Å²) in [4.78, 5) is 11.1. The molecule has 0 aliphatic rings. The number of hydrogen-bond donors (Lipinski definition) is 1. The normalized spacial score (nSPS) is 10.6. The molecule has 104 valence electrons. The van der Waals surface area contributed by atoms with Crippen molar-refractivity contribution >= 4 is 28.4 Å². The molecule has 0 spiro atoms. The Morgan fingerprint density at radius 1 is 1.20 bits per heavy atom. The van der Waals surface area contributed by atoms with Crippen LogP contribution in [0.15, 0.2) is 30.3 Å². The highest BCUT2D eigenvalue weighted by Crippen LogP contribution is 2.27. The summed E-state index contributed by atoms with van der Waals surface area (Å²) in [6.07, 6.45) is -0.0460. The molecule has 0 saturated heterocycles. The number of aromatic hydroxyl groups is 1. The molecule has 0 radical (unpaired) electrons. The van der Waals surface area contributed by atoms with Crippen LogP contribution in [0.2, 0.25) is 5.02 Å². The van der Waals surface area contributed by atoms with E-state index in [0.717, 1.165) is 12.1 Å². The third kappa shape index (κ3) is 2.92. The summed E-state index contributed by atoms with van der Waals surface area (Å²) in [5.41, 5.74) is 0.0193. The second kappa shape index (κ2) is 5.77. The number of carbonyl (C=O) groups is 1. The van der Waals surface area contributed by atoms with Gasteiger partial charge in [0, 0.05) is 12.5 Å². The molecule has 20 heavy (non-hydrogen) atoms. The van der Waals surface area contributed by atoms with Crippen LogP contribution >= 0.6 is 23.2 Å². The van der Waals surface area contributed by atoms with E-state index in [2.05, 4.69) is 0 Å². The number of hydrogen-bond acceptors (Lipinski definition) is 2. The van der Waals surface area contributed by atoms with E-state index in [4.69, 9.17) is 23.2 Å². The zero-order valence-corrected chi connectivity index (χ0v) is 11.5. The van der Waals surface area contributed by atoms with Gasteiger partial charge in [-0.1, -0.05) is 23.7 Å². The van der Waals surface area contributed by atoms with E-state index in [1.54, 1.807) is 6.07 Å². The topological polar surface area (TPSA) is 37.3 Å². The molecule has 0 heterocycles. The van der Waals surface area contributed by atoms with Crippen LogP contribution in [0.1, 0.15) is 21.5 Å². The Hall–Kier alpha value is -1.65. The van der Waals surface area contributed by atoms with Crippen molar-refractivity contribution < 1.29 is 18.7 Å². The van der Waals surface area contributed by atoms with E-state index in [1.165, 1.54) is 12.1 Å². The van der Waals surface area contributed by atoms with Gasteiger partial charge in [0.15, 0.2) is 0 Å². The first-order valence-corrected chi connectivity index (χ1v) is 6.30. The van der Waals surface area contributed by atoms with Gasteiger partial charge in [-0.2, -0.15) is 0 Å². The maximum atomic E-state index is 13.8. The first-order chi connectivity index (χ1) is 9.40. The van der Waals surface area contributed by atoms with Gasteiger partial charge in [0.1, 0.15) is 17.4 Å². The van der Waals surface area contributed by atoms with Gasteiger partial charge in [0.05, 0.1) is 10.6 Å². The molecular weight excluding hydrogens is 309 g/mol. The van der Waals surface area contributed by atoms with Gasteiger partial charge in [-0.15, -0.1) is 0 Å². The summed E-state index contributed by atoms with van der Waals surface area (Å²) in [6, 6.07) is 6.29. The van der Waals surface area contributed by atoms with Crippen molar-refractivity contribution in [2.24, 2.45) is 0 Å². The Bertz CT molecular complexity index is 687. The van der Waals surface area contributed by atoms with Crippen LogP contribution in [0.3, 0.4) is 0 Å². The lowest BCUT2D eigenvalue weighted by Crippen LogP contribution is -2.00. The number of carbonyl (C=O) groups excluding carboxylic acids is 1. The van der Waals surface area contributed by atoms with Crippen LogP contribution < -0.4 is 0 Å². The maximum Gasteiger partial charge on any atom is 0.255 e. The van der Waals surface area contributed by atoms with Crippen LogP contribution in [0.4, 0.5) is 8.78 Å². The second-order valence-corrected chi connectivity index (χ2v) is 4.87. The van der Waals surface area contributed by atoms with Gasteiger partial charge in [0.25, 0.3) is 5.24 Å². The van der Waals surface area contributed by atoms with Gasteiger partial charge in [-0.25, -0.2) is 8.78 Å². The Kier molecular flexibility index (Phi) is 4.26. The average Bonchev–Trinajstić information content (AvgIpc) is 2.37. The molecule has 0 aliphatic carbocycles. The molecule has 2 aromatic carbocycles. The van der Waals surface area contributed by atoms with Crippen LogP contribution in [-0.2, 0) is 6.42 Å². The molecule has 0 aliphatic heterocycles. The van der Waals surface area contributed by atoms with Gasteiger partial charge < -0.3 is 5.11 Å². The predicted molar refractivity (Wildman–Crippen MR) is 72.5 cm³/mol. The van der Waals surface area contributed by atoms with E-state index in [0.29, 0.717) is 0 Å². The molecule has 0 unspecified atom stereocenters. The summed E-state index contributed by atoms with van der Waals surface area (Å²) < 4.78 is 27.2. The zero-order chi connectivity index (χ0) is 14.9. The van der Waals surface area contributed by atoms with E-state index < -0.39 is 16.9 Å². The summed E-state index contributed by atoms with van der Waals surface area (Å²) in [6.45, 7) is 0. The Labute approximate surface area is 123 Å². The number of phenolic OH excluding ortho intramolecular Hbond substituents is 1. The lowest BCUT2D eigenvalue weighted by molar-refractivity contribution is 0.107. The predicted octanol–water partition coefficient (Wildman–Crippen LogP) is 4.29. The largest absolute Gasteiger partial charge is 0.508 e. The molecule has 0 amide bonds. The smallest absolute Gasteiger partial charge is 0.255 e. The van der Waals surface area contributed by atoms with E-state index in [9.17, 15) is 18.7 Å². The van der Waals surface area contributed by atoms with Crippen LogP contribution in [0, 0.1) is 11.6 Å². The first kappa shape index (κ1) is 14.8. The highest BCUT2D eigenvalue weighted by atomic mass is 35.5. The second-order valence-electron chi connectivity index (χ2n) is 4.12. The molecule has 2 rings (SSSR count). The minimum Gasteiger partial charge on any atom is -0.508 e. The van der Waals surface area contributed by atoms with Crippen molar-refractivity contribution in [1.82, 2.24) is 0 Å². The highest BCUT2D eigenvalue weighted by Gasteiger charge is 2.16. The minimum absolute atomic E-state index is 0.0460. The zero-order valence-electron chi connectivity index (χ0n) is 9.96. The third-order valence-electron chi connectivity index (χ3n) is 2.79. The van der Waals surface area contributed by atoms with Gasteiger partial charge in [-0.05, 0) is 34.9 Å². The summed E-state index contributed by atoms with van der Waals surface area (Å²) >= 11 is 10.9. The summed E-state index contributed by atoms with van der Waals surface area (Å²) in [5.74, 6) is -1.95. The lowest BCUT2D eigenvalue weighted by atomic mass is 10.0. The van der Waals surface area contributed by atoms with Crippen molar-refractivity contribution in [2.45, 2.75) is 6.42 Å². The molecule has 0 bridgehead atoms. The average molecular weight is 317 g/mol. The van der Waals surface area contributed by atoms with Crippen LogP contribution in [-0.4, -0.2) is 10.3 Å². The van der Waals surface area contributed by atoms with Gasteiger partial charge >= 0.3 is 0 Å². The van der Waals surface area contributed by atoms with Crippen molar-refractivity contribution in [3.63, 3.8) is 0 Å². The lowest BCUT2D eigenvalue weighted by Gasteiger charge is -2.09. The molecule has 0 saturated carbocycles. The Morgan fingerprint density at radius 2 is 1.90 bits per heavy atom. The third-order valence-corrected chi connectivity index (χ3v) is 3.29. The Morgan fingerprint density at radius 3 is 2.55 bits per heavy atom. The molecule has 6 heteroatoms. The standard InChI is InChI=1S/C14H8Cl2F2O2/c15-10-3-1-2-7(13(10)18)4-8-5-9(14(16)20)11(17)6-12(8)19/h1-3,5-6,19H,4H2. The van der Waals surface area contributed by atoms with Crippen molar-refractivity contribution in [1.29, 1.82) is 0 Å². The number of phenols is 1. The fourth-order valence-corrected chi connectivity index (χ4v) is 2.13. The van der Waals surface area contributed by atoms with E-state index in [-0.39, 0.29) is 33.9 Å². The molecule has 1 N–H and O–H groups in total. The fourth-order valence-electron chi connectivity index (χ4n) is 1.79. The number of halogens is 4. The van der Waals surface area contributed by atoms with Crippen molar-refractivity contribution in [3.8, 4) is 5.75 Å². The van der Waals surface area contributed by atoms with Crippen molar-refractivity contribution in [3.05, 3.63) is 63.7 Å². The summed E-state index contributed by atoms with van der Waals surface area (Å²) in [7, 11) is 0. The number of rotatable bonds is 3. The number of benzene rings is 2. The van der Waals surface area contributed by atoms with Crippen LogP contribution in [0.5, 0.6) is 5.75 Å². The first-order valence-electron chi connectivity index (χ1n) is 5.54. The van der Waals surface area contributed by atoms with E-state index in [1.807, 2.05) is 0 Å². The molecule has 2 aromatic rings. The quantitative estimate of drug-likeness (QED) is 0.857. The SMILES string of the molecule is O=C(Cl)c1cc(Cc2cccc(Cl)c2F)c(O)cc1F. The highest BCUT2D eigenvalue weighted by molar-refractivity contribution is 6.67. The molecular formula is C14H8Cl2F2O2. The monoisotopic (exact) mass is 316 g/mol. The molecule has 2 nitrogen and oxygen atoms in total. The van der Waals surface area contributed by atoms with E-state index >= 15 is 0 Å². The molecule has 0 fully saturated rings. The minimum atomic E-state index is -0.990. The molecule has 0 aromatic heterocycles. The fraction of sp³-hybridized carbons (Fsp3) is 0.0714. The summed E-state index contributed by atoms with van der Waals surface area (Å²) in [5, 5.41) is 8.62. The van der Waals surface area contributed by atoms with Gasteiger partial charge in [-0.3, -0.25) is 4.79 Å². The van der Waals surface area contributed by atoms with Crippen LogP contribution in [0.25, 0.3) is 0 Å². The molecule has 0 atom stereocenters. The maximum absolute atomic E-state index is 13.8. The van der Waals surface area contributed by atoms with Gasteiger partial charge in [0.2, 0.25) is 0 Å². The van der Waals surface area contributed by atoms with Crippen molar-refractivity contribution in [2.75, 3.05) is 0 Å². The Balaban J connectivity index is 2.46.